The summed E-state index contributed by atoms with van der Waals surface area (Å²) >= 11 is 0. The highest BCUT2D eigenvalue weighted by Gasteiger charge is 2.37. The standard InChI is InChI=1S/C31H32N2O2/c1-35-29-14-13-25-18-27(12-11-26(25)19-29)31(34)30-21-32(28-7-4-8-28)15-16-33(30)20-22-9-10-23-5-2-3-6-24(23)17-22/h2-3,5-6,9-14,17-19,28,30H,4,7-8,15-16,20-21H2,1H3. The zero-order valence-electron chi connectivity index (χ0n) is 20.3. The lowest BCUT2D eigenvalue weighted by Crippen LogP contribution is -2.59. The van der Waals surface area contributed by atoms with Crippen LogP contribution in [0.3, 0.4) is 0 Å². The molecule has 2 aliphatic rings. The number of carbonyl (C=O) groups excluding carboxylic acids is 1. The molecule has 1 saturated heterocycles. The summed E-state index contributed by atoms with van der Waals surface area (Å²) in [5.41, 5.74) is 2.07. The summed E-state index contributed by atoms with van der Waals surface area (Å²) in [5, 5.41) is 4.68. The summed E-state index contributed by atoms with van der Waals surface area (Å²) in [7, 11) is 1.68. The molecule has 1 aliphatic heterocycles. The first-order valence-corrected chi connectivity index (χ1v) is 12.8. The van der Waals surface area contributed by atoms with Crippen LogP contribution in [0.5, 0.6) is 5.75 Å². The van der Waals surface area contributed by atoms with E-state index in [-0.39, 0.29) is 11.8 Å². The second kappa shape index (κ2) is 9.44. The smallest absolute Gasteiger partial charge is 0.181 e. The predicted octanol–water partition coefficient (Wildman–Crippen LogP) is 5.92. The van der Waals surface area contributed by atoms with Crippen molar-refractivity contribution in [1.29, 1.82) is 0 Å². The van der Waals surface area contributed by atoms with Gasteiger partial charge in [0.25, 0.3) is 0 Å². The molecule has 4 nitrogen and oxygen atoms in total. The number of Topliss-reactive ketones (excluding diaryl/α,β-unsaturated/α-hetero) is 1. The Morgan fingerprint density at radius 3 is 2.40 bits per heavy atom. The van der Waals surface area contributed by atoms with Crippen molar-refractivity contribution < 1.29 is 9.53 Å². The highest BCUT2D eigenvalue weighted by molar-refractivity contribution is 6.03. The van der Waals surface area contributed by atoms with Gasteiger partial charge in [0.1, 0.15) is 5.75 Å². The van der Waals surface area contributed by atoms with E-state index in [1.807, 2.05) is 36.4 Å². The topological polar surface area (TPSA) is 32.8 Å². The first kappa shape index (κ1) is 22.3. The third kappa shape index (κ3) is 4.44. The highest BCUT2D eigenvalue weighted by atomic mass is 16.5. The summed E-state index contributed by atoms with van der Waals surface area (Å²) < 4.78 is 5.36. The zero-order valence-corrected chi connectivity index (χ0v) is 20.3. The van der Waals surface area contributed by atoms with E-state index < -0.39 is 0 Å². The molecule has 0 amide bonds. The summed E-state index contributed by atoms with van der Waals surface area (Å²) in [4.78, 5) is 18.9. The number of methoxy groups -OCH3 is 1. The quantitative estimate of drug-likeness (QED) is 0.332. The summed E-state index contributed by atoms with van der Waals surface area (Å²) in [6.07, 6.45) is 3.85. The van der Waals surface area contributed by atoms with Crippen molar-refractivity contribution in [2.24, 2.45) is 0 Å². The van der Waals surface area contributed by atoms with Crippen LogP contribution in [-0.2, 0) is 6.54 Å². The Balaban J connectivity index is 1.29. The Bertz CT molecular complexity index is 1380. The summed E-state index contributed by atoms with van der Waals surface area (Å²) in [6, 6.07) is 27.8. The van der Waals surface area contributed by atoms with E-state index in [1.165, 1.54) is 35.6 Å². The number of carbonyl (C=O) groups is 1. The molecular formula is C31H32N2O2. The highest BCUT2D eigenvalue weighted by Crippen LogP contribution is 2.30. The van der Waals surface area contributed by atoms with Gasteiger partial charge in [0.15, 0.2) is 5.78 Å². The van der Waals surface area contributed by atoms with Crippen molar-refractivity contribution in [2.75, 3.05) is 26.7 Å². The van der Waals surface area contributed by atoms with Gasteiger partial charge in [0.2, 0.25) is 0 Å². The number of benzene rings is 4. The van der Waals surface area contributed by atoms with Crippen LogP contribution in [0.25, 0.3) is 21.5 Å². The maximum Gasteiger partial charge on any atom is 0.181 e. The lowest BCUT2D eigenvalue weighted by atomic mass is 9.89. The molecule has 1 saturated carbocycles. The number of hydrogen-bond donors (Lipinski definition) is 0. The molecule has 4 aromatic rings. The summed E-state index contributed by atoms with van der Waals surface area (Å²) in [6.45, 7) is 3.58. The van der Waals surface area contributed by atoms with Crippen molar-refractivity contribution in [3.8, 4) is 5.75 Å². The number of piperazine rings is 1. The van der Waals surface area contributed by atoms with E-state index in [9.17, 15) is 4.79 Å². The van der Waals surface area contributed by atoms with E-state index in [4.69, 9.17) is 4.74 Å². The van der Waals surface area contributed by atoms with Gasteiger partial charge in [0, 0.05) is 37.8 Å². The van der Waals surface area contributed by atoms with Crippen LogP contribution in [-0.4, -0.2) is 54.4 Å². The van der Waals surface area contributed by atoms with E-state index in [1.54, 1.807) is 7.11 Å². The monoisotopic (exact) mass is 464 g/mol. The zero-order chi connectivity index (χ0) is 23.8. The van der Waals surface area contributed by atoms with Crippen LogP contribution in [0, 0.1) is 0 Å². The molecule has 0 aromatic heterocycles. The SMILES string of the molecule is COc1ccc2cc(C(=O)C3CN(C4CCC4)CCN3Cc3ccc4ccccc4c3)ccc2c1. The fraction of sp³-hybridized carbons (Fsp3) is 0.323. The van der Waals surface area contributed by atoms with Crippen molar-refractivity contribution in [1.82, 2.24) is 9.80 Å². The number of ether oxygens (including phenoxy) is 1. The Kier molecular flexibility index (Phi) is 6.01. The largest absolute Gasteiger partial charge is 0.497 e. The van der Waals surface area contributed by atoms with Gasteiger partial charge >= 0.3 is 0 Å². The van der Waals surface area contributed by atoms with Gasteiger partial charge < -0.3 is 4.74 Å². The van der Waals surface area contributed by atoms with Gasteiger partial charge in [-0.3, -0.25) is 14.6 Å². The van der Waals surface area contributed by atoms with Crippen LogP contribution in [0.2, 0.25) is 0 Å². The molecule has 6 rings (SSSR count). The Morgan fingerprint density at radius 1 is 0.857 bits per heavy atom. The molecule has 0 spiro atoms. The molecule has 35 heavy (non-hydrogen) atoms. The van der Waals surface area contributed by atoms with Crippen molar-refractivity contribution in [3.63, 3.8) is 0 Å². The first-order valence-electron chi connectivity index (χ1n) is 12.8. The second-order valence-corrected chi connectivity index (χ2v) is 10.0. The van der Waals surface area contributed by atoms with Crippen LogP contribution in [0.1, 0.15) is 35.2 Å². The van der Waals surface area contributed by atoms with Crippen molar-refractivity contribution >= 4 is 27.3 Å². The lowest BCUT2D eigenvalue weighted by molar-refractivity contribution is 0.0206. The molecule has 178 valence electrons. The van der Waals surface area contributed by atoms with E-state index in [2.05, 4.69) is 52.3 Å². The van der Waals surface area contributed by atoms with Crippen LogP contribution in [0.15, 0.2) is 78.9 Å². The molecule has 1 aliphatic carbocycles. The third-order valence-corrected chi connectivity index (χ3v) is 7.95. The van der Waals surface area contributed by atoms with Gasteiger partial charge in [-0.25, -0.2) is 0 Å². The molecule has 4 heteroatoms. The minimum Gasteiger partial charge on any atom is -0.497 e. The fourth-order valence-electron chi connectivity index (χ4n) is 5.63. The molecular weight excluding hydrogens is 432 g/mol. The van der Waals surface area contributed by atoms with Gasteiger partial charge in [0.05, 0.1) is 13.2 Å². The minimum absolute atomic E-state index is 0.133. The molecule has 0 bridgehead atoms. The fourth-order valence-corrected chi connectivity index (χ4v) is 5.63. The van der Waals surface area contributed by atoms with Crippen LogP contribution >= 0.6 is 0 Å². The second-order valence-electron chi connectivity index (χ2n) is 10.0. The Morgan fingerprint density at radius 2 is 1.60 bits per heavy atom. The molecule has 2 fully saturated rings. The van der Waals surface area contributed by atoms with Gasteiger partial charge in [-0.05, 0) is 64.2 Å². The summed E-state index contributed by atoms with van der Waals surface area (Å²) in [5.74, 6) is 1.06. The first-order chi connectivity index (χ1) is 17.2. The van der Waals surface area contributed by atoms with Crippen molar-refractivity contribution in [3.05, 3.63) is 90.0 Å². The van der Waals surface area contributed by atoms with E-state index in [0.717, 1.165) is 48.3 Å². The van der Waals surface area contributed by atoms with Crippen LogP contribution < -0.4 is 4.74 Å². The maximum absolute atomic E-state index is 14.0. The maximum atomic E-state index is 14.0. The van der Waals surface area contributed by atoms with E-state index in [0.29, 0.717) is 6.04 Å². The van der Waals surface area contributed by atoms with Gasteiger partial charge in [-0.1, -0.05) is 61.0 Å². The number of hydrogen-bond acceptors (Lipinski definition) is 4. The molecule has 1 atom stereocenters. The molecule has 0 radical (unpaired) electrons. The molecule has 4 aromatic carbocycles. The van der Waals surface area contributed by atoms with Crippen molar-refractivity contribution in [2.45, 2.75) is 37.9 Å². The molecule has 1 unspecified atom stereocenters. The van der Waals surface area contributed by atoms with Gasteiger partial charge in [-0.2, -0.15) is 0 Å². The number of rotatable bonds is 6. The normalized spacial score (nSPS) is 19.6. The molecule has 0 N–H and O–H groups in total. The lowest BCUT2D eigenvalue weighted by Gasteiger charge is -2.46. The number of nitrogens with zero attached hydrogens (tertiary/aromatic N) is 2. The predicted molar refractivity (Wildman–Crippen MR) is 142 cm³/mol. The Labute approximate surface area is 207 Å². The Hall–Kier alpha value is -3.21. The van der Waals surface area contributed by atoms with Crippen LogP contribution in [0.4, 0.5) is 0 Å². The van der Waals surface area contributed by atoms with Gasteiger partial charge in [-0.15, -0.1) is 0 Å². The number of ketones is 1. The number of fused-ring (bicyclic) bond motifs is 2. The third-order valence-electron chi connectivity index (χ3n) is 7.95. The average Bonchev–Trinajstić information content (AvgIpc) is 2.87. The molecule has 1 heterocycles. The van der Waals surface area contributed by atoms with E-state index >= 15 is 0 Å². The average molecular weight is 465 g/mol. The minimum atomic E-state index is -0.133.